The van der Waals surface area contributed by atoms with Crippen molar-refractivity contribution in [3.05, 3.63) is 42.2 Å². The molecule has 10 atom stereocenters. The molecule has 5 unspecified atom stereocenters. The van der Waals surface area contributed by atoms with Crippen LogP contribution >= 0.6 is 0 Å². The molecule has 386 valence electrons. The highest BCUT2D eigenvalue weighted by Gasteiger charge is 2.58. The Labute approximate surface area is 413 Å². The number of aliphatic carboxylic acids is 1. The minimum atomic E-state index is -2.52. The summed E-state index contributed by atoms with van der Waals surface area (Å²) in [7, 11) is -9.30. The van der Waals surface area contributed by atoms with Gasteiger partial charge in [-0.3, -0.25) is 9.59 Å². The predicted octanol–water partition coefficient (Wildman–Crippen LogP) is 13.9. The molecule has 3 aliphatic rings. The predicted molar refractivity (Wildman–Crippen MR) is 285 cm³/mol. The summed E-state index contributed by atoms with van der Waals surface area (Å²) in [6.45, 7) is 50.7. The van der Waals surface area contributed by atoms with E-state index in [0.29, 0.717) is 25.7 Å². The lowest BCUT2D eigenvalue weighted by Gasteiger charge is -2.56. The number of carbonyl (C=O) groups excluding carboxylic acids is 1. The number of ketones is 1. The first-order chi connectivity index (χ1) is 30.6. The molecule has 0 radical (unpaired) electrons. The smallest absolute Gasteiger partial charge is 0.305 e. The molecule has 0 bridgehead atoms. The van der Waals surface area contributed by atoms with E-state index in [2.05, 4.69) is 148 Å². The van der Waals surface area contributed by atoms with Crippen molar-refractivity contribution in [2.24, 2.45) is 0 Å². The largest absolute Gasteiger partial charge is 0.481 e. The Bertz CT molecular complexity index is 1720. The van der Waals surface area contributed by atoms with Gasteiger partial charge < -0.3 is 37.0 Å². The second kappa shape index (κ2) is 24.0. The van der Waals surface area contributed by atoms with Gasteiger partial charge in [0.15, 0.2) is 39.1 Å². The van der Waals surface area contributed by atoms with Gasteiger partial charge in [-0.05, 0) is 135 Å². The highest BCUT2D eigenvalue weighted by atomic mass is 28.4. The fourth-order valence-corrected chi connectivity index (χ4v) is 15.5. The lowest BCUT2D eigenvalue weighted by Crippen LogP contribution is -2.69. The first-order valence-electron chi connectivity index (χ1n) is 25.8. The zero-order valence-corrected chi connectivity index (χ0v) is 49.9. The second-order valence-corrected chi connectivity index (χ2v) is 43.8. The van der Waals surface area contributed by atoms with Gasteiger partial charge in [-0.25, -0.2) is 0 Å². The maximum atomic E-state index is 14.0. The van der Waals surface area contributed by atoms with E-state index in [9.17, 15) is 14.7 Å². The molecule has 0 saturated carbocycles. The third-order valence-corrected chi connectivity index (χ3v) is 34.8. The standard InChI is InChI=1S/C53H98O10Si4/c1-22-37(5)34-42(60-67(23-2,24-3)25-4)30-32-43-38(6)35-40(57-43)28-26-39(54)27-31-45(61-64(16,17)51(7,8)9)48-50(63-66(20,21)53(13,14)15)49(62-65(18,19)52(10,11)12)47-44(59-48)33-29-41(58-47)36-46(55)56/h27,31,40-45,47-50H,1,6,23-26,28-30,32-36H2,2-5,7-21H3,(H,55,56)/b31-27+/t40-,41?,42?,43?,44-,45-,47-,48-,49?,50?/m0/s1. The zero-order chi connectivity index (χ0) is 51.1. The van der Waals surface area contributed by atoms with Crippen molar-refractivity contribution in [2.75, 3.05) is 0 Å². The molecule has 10 nitrogen and oxygen atoms in total. The molecule has 3 saturated heterocycles. The Morgan fingerprint density at radius 1 is 0.791 bits per heavy atom. The molecule has 0 aromatic heterocycles. The van der Waals surface area contributed by atoms with Crippen LogP contribution in [0, 0.1) is 0 Å². The summed E-state index contributed by atoms with van der Waals surface area (Å²) in [5.41, 5.74) is 5.29. The molecule has 3 fully saturated rings. The summed E-state index contributed by atoms with van der Waals surface area (Å²) in [6, 6.07) is 3.31. The first-order valence-corrected chi connectivity index (χ1v) is 37.0. The van der Waals surface area contributed by atoms with Gasteiger partial charge in [0, 0.05) is 18.9 Å². The van der Waals surface area contributed by atoms with Crippen molar-refractivity contribution in [3.8, 4) is 0 Å². The lowest BCUT2D eigenvalue weighted by atomic mass is 9.87. The van der Waals surface area contributed by atoms with Gasteiger partial charge >= 0.3 is 5.97 Å². The topological polar surface area (TPSA) is 119 Å². The lowest BCUT2D eigenvalue weighted by molar-refractivity contribution is -0.266. The molecule has 3 rings (SSSR count). The molecule has 67 heavy (non-hydrogen) atoms. The van der Waals surface area contributed by atoms with Gasteiger partial charge in [-0.1, -0.05) is 102 Å². The van der Waals surface area contributed by atoms with E-state index in [1.807, 2.05) is 6.08 Å². The number of carbonyl (C=O) groups is 2. The molecule has 0 amide bonds. The van der Waals surface area contributed by atoms with E-state index in [1.54, 1.807) is 6.08 Å². The van der Waals surface area contributed by atoms with E-state index < -0.39 is 75.9 Å². The number of allylic oxidation sites excluding steroid dienone is 1. The Balaban J connectivity index is 1.97. The fraction of sp³-hybridized carbons (Fsp3) is 0.830. The Kier molecular flexibility index (Phi) is 21.5. The van der Waals surface area contributed by atoms with Gasteiger partial charge in [0.05, 0.1) is 36.9 Å². The van der Waals surface area contributed by atoms with Crippen molar-refractivity contribution in [1.82, 2.24) is 0 Å². The van der Waals surface area contributed by atoms with E-state index in [1.165, 1.54) is 0 Å². The van der Waals surface area contributed by atoms with Crippen LogP contribution in [-0.4, -0.2) is 111 Å². The molecule has 0 aliphatic carbocycles. The molecule has 1 N–H and O–H groups in total. The number of ether oxygens (including phenoxy) is 3. The summed E-state index contributed by atoms with van der Waals surface area (Å²) in [6.07, 6.45) is 5.09. The number of hydrogen-bond acceptors (Lipinski definition) is 9. The Morgan fingerprint density at radius 2 is 1.34 bits per heavy atom. The Morgan fingerprint density at radius 3 is 1.85 bits per heavy atom. The minimum Gasteiger partial charge on any atom is -0.481 e. The van der Waals surface area contributed by atoms with Crippen molar-refractivity contribution >= 4 is 45.0 Å². The summed E-state index contributed by atoms with van der Waals surface area (Å²) in [5, 5.41) is 9.43. The van der Waals surface area contributed by atoms with Crippen molar-refractivity contribution < 1.29 is 46.6 Å². The molecular formula is C53H98O10Si4. The van der Waals surface area contributed by atoms with Gasteiger partial charge in [-0.2, -0.15) is 0 Å². The average molecular weight is 1010 g/mol. The summed E-state index contributed by atoms with van der Waals surface area (Å²) < 4.78 is 49.9. The molecule has 14 heteroatoms. The van der Waals surface area contributed by atoms with Crippen LogP contribution in [0.4, 0.5) is 0 Å². The molecule has 3 heterocycles. The fourth-order valence-electron chi connectivity index (χ4n) is 8.76. The zero-order valence-electron chi connectivity index (χ0n) is 45.9. The molecule has 0 aromatic rings. The number of carboxylic acid groups (broad SMARTS) is 1. The first kappa shape index (κ1) is 60.0. The van der Waals surface area contributed by atoms with Gasteiger partial charge in [0.2, 0.25) is 0 Å². The molecule has 0 spiro atoms. The molecule has 3 aliphatic heterocycles. The van der Waals surface area contributed by atoms with Crippen LogP contribution in [0.3, 0.4) is 0 Å². The van der Waals surface area contributed by atoms with Crippen molar-refractivity contribution in [3.63, 3.8) is 0 Å². The van der Waals surface area contributed by atoms with Crippen LogP contribution in [0.15, 0.2) is 42.2 Å². The maximum Gasteiger partial charge on any atom is 0.305 e. The van der Waals surface area contributed by atoms with Crippen LogP contribution in [0.1, 0.15) is 148 Å². The van der Waals surface area contributed by atoms with Crippen LogP contribution < -0.4 is 0 Å². The van der Waals surface area contributed by atoms with E-state index in [-0.39, 0.29) is 51.7 Å². The van der Waals surface area contributed by atoms with Crippen LogP contribution in [-0.2, 0) is 41.5 Å². The Hall–Kier alpha value is -1.27. The minimum absolute atomic E-state index is 0.00350. The highest BCUT2D eigenvalue weighted by molar-refractivity contribution is 6.75. The number of carboxylic acids is 1. The normalized spacial score (nSPS) is 26.9. The van der Waals surface area contributed by atoms with E-state index in [0.717, 1.165) is 55.0 Å². The number of hydrogen-bond donors (Lipinski definition) is 1. The molecular weight excluding hydrogens is 909 g/mol. The monoisotopic (exact) mass is 1010 g/mol. The van der Waals surface area contributed by atoms with Crippen molar-refractivity contribution in [2.45, 2.75) is 281 Å². The molecule has 0 aromatic carbocycles. The highest BCUT2D eigenvalue weighted by Crippen LogP contribution is 2.47. The van der Waals surface area contributed by atoms with Crippen molar-refractivity contribution in [1.29, 1.82) is 0 Å². The summed E-state index contributed by atoms with van der Waals surface area (Å²) in [5.74, 6) is -0.884. The summed E-state index contributed by atoms with van der Waals surface area (Å²) in [4.78, 5) is 26.0. The number of rotatable bonds is 24. The van der Waals surface area contributed by atoms with Crippen LogP contribution in [0.5, 0.6) is 0 Å². The van der Waals surface area contributed by atoms with Gasteiger partial charge in [0.1, 0.15) is 24.4 Å². The van der Waals surface area contributed by atoms with Gasteiger partial charge in [0.25, 0.3) is 0 Å². The van der Waals surface area contributed by atoms with E-state index in [4.69, 9.17) is 31.9 Å². The quantitative estimate of drug-likeness (QED) is 0.0433. The van der Waals surface area contributed by atoms with Gasteiger partial charge in [-0.15, -0.1) is 5.73 Å². The third kappa shape index (κ3) is 16.4. The third-order valence-electron chi connectivity index (χ3n) is 16.7. The van der Waals surface area contributed by atoms with Crippen LogP contribution in [0.2, 0.25) is 72.5 Å². The summed E-state index contributed by atoms with van der Waals surface area (Å²) >= 11 is 0. The average Bonchev–Trinajstić information content (AvgIpc) is 3.57. The second-order valence-electron chi connectivity index (χ2n) is 24.8. The maximum absolute atomic E-state index is 14.0. The van der Waals surface area contributed by atoms with E-state index >= 15 is 0 Å². The SMILES string of the molecule is C=C=C(C)CC(CCC1O[C@@H](CCC(=O)/C=C/[C@H](O[Si](C)(C)C(C)(C)C)[C@@H]2O[C@H]3CCC(CC(=O)O)O[C@@H]3C(O[Si](C)(C)C(C)(C)C)C2O[Si](C)(C)C(C)(C)C)CC1=C)O[Si](CC)(CC)CC. The van der Waals surface area contributed by atoms with Crippen LogP contribution in [0.25, 0.3) is 0 Å². The number of fused-ring (bicyclic) bond motifs is 1.